The Kier molecular flexibility index (Phi) is 9.63. The first kappa shape index (κ1) is 21.3. The highest BCUT2D eigenvalue weighted by Gasteiger charge is 2.34. The van der Waals surface area contributed by atoms with Crippen LogP contribution in [0.15, 0.2) is 42.5 Å². The van der Waals surface area contributed by atoms with Gasteiger partial charge in [-0.1, -0.05) is 30.3 Å². The van der Waals surface area contributed by atoms with Crippen molar-refractivity contribution >= 4 is 11.9 Å². The Bertz CT molecular complexity index is 615. The molecule has 0 heterocycles. The first-order valence-corrected chi connectivity index (χ1v) is 8.26. The van der Waals surface area contributed by atoms with Crippen LogP contribution in [-0.2, 0) is 30.4 Å². The molecular formula is C18H23NO7. The number of nitro groups is 1. The molecule has 0 bridgehead atoms. The number of ether oxygens (including phenoxy) is 3. The van der Waals surface area contributed by atoms with E-state index in [2.05, 4.69) is 0 Å². The van der Waals surface area contributed by atoms with Crippen molar-refractivity contribution in [2.24, 2.45) is 5.92 Å². The number of carbonyl (C=O) groups excluding carboxylic acids is 2. The van der Waals surface area contributed by atoms with E-state index in [0.29, 0.717) is 0 Å². The molecule has 8 heteroatoms. The van der Waals surface area contributed by atoms with Gasteiger partial charge in [0.25, 0.3) is 0 Å². The van der Waals surface area contributed by atoms with Gasteiger partial charge >= 0.3 is 11.9 Å². The fourth-order valence-electron chi connectivity index (χ4n) is 2.16. The number of carbonyl (C=O) groups is 2. The largest absolute Gasteiger partial charge is 0.466 e. The van der Waals surface area contributed by atoms with Crippen LogP contribution in [0.3, 0.4) is 0 Å². The summed E-state index contributed by atoms with van der Waals surface area (Å²) in [4.78, 5) is 34.0. The van der Waals surface area contributed by atoms with Crippen LogP contribution in [-0.4, -0.2) is 42.7 Å². The summed E-state index contributed by atoms with van der Waals surface area (Å²) >= 11 is 0. The molecule has 0 saturated carbocycles. The van der Waals surface area contributed by atoms with Gasteiger partial charge in [0.15, 0.2) is 5.92 Å². The van der Waals surface area contributed by atoms with Crippen LogP contribution in [0.2, 0.25) is 0 Å². The Morgan fingerprint density at radius 1 is 1.15 bits per heavy atom. The molecule has 0 fully saturated rings. The fraction of sp³-hybridized carbons (Fsp3) is 0.444. The van der Waals surface area contributed by atoms with Gasteiger partial charge in [-0.05, 0) is 25.5 Å². The van der Waals surface area contributed by atoms with E-state index in [1.165, 1.54) is 6.08 Å². The first-order valence-electron chi connectivity index (χ1n) is 8.26. The van der Waals surface area contributed by atoms with Crippen molar-refractivity contribution in [3.8, 4) is 0 Å². The first-order chi connectivity index (χ1) is 12.5. The summed E-state index contributed by atoms with van der Waals surface area (Å²) in [5, 5.41) is 11.0. The lowest BCUT2D eigenvalue weighted by molar-refractivity contribution is -0.488. The van der Waals surface area contributed by atoms with E-state index >= 15 is 0 Å². The van der Waals surface area contributed by atoms with E-state index in [-0.39, 0.29) is 19.8 Å². The van der Waals surface area contributed by atoms with Crippen molar-refractivity contribution in [1.82, 2.24) is 0 Å². The summed E-state index contributed by atoms with van der Waals surface area (Å²) < 4.78 is 15.4. The van der Waals surface area contributed by atoms with Crippen LogP contribution in [0, 0.1) is 16.0 Å². The fourth-order valence-corrected chi connectivity index (χ4v) is 2.16. The second-order valence-corrected chi connectivity index (χ2v) is 5.25. The highest BCUT2D eigenvalue weighted by atomic mass is 16.6. The van der Waals surface area contributed by atoms with Crippen molar-refractivity contribution < 1.29 is 28.7 Å². The molecule has 1 aromatic rings. The molecule has 1 rings (SSSR count). The molecule has 0 spiro atoms. The van der Waals surface area contributed by atoms with E-state index < -0.39 is 35.4 Å². The van der Waals surface area contributed by atoms with E-state index in [4.69, 9.17) is 14.2 Å². The average molecular weight is 365 g/mol. The Morgan fingerprint density at radius 3 is 2.38 bits per heavy atom. The maximum atomic E-state index is 12.1. The number of rotatable bonds is 11. The quantitative estimate of drug-likeness (QED) is 0.256. The number of hydrogen-bond donors (Lipinski definition) is 0. The zero-order valence-electron chi connectivity index (χ0n) is 14.8. The predicted molar refractivity (Wildman–Crippen MR) is 92.8 cm³/mol. The van der Waals surface area contributed by atoms with Gasteiger partial charge in [-0.2, -0.15) is 0 Å². The van der Waals surface area contributed by atoms with Crippen molar-refractivity contribution in [2.45, 2.75) is 26.6 Å². The molecule has 0 aliphatic rings. The molecule has 0 N–H and O–H groups in total. The lowest BCUT2D eigenvalue weighted by atomic mass is 10.0. The summed E-state index contributed by atoms with van der Waals surface area (Å²) in [6.07, 6.45) is 1.39. The minimum atomic E-state index is -1.18. The Labute approximate surface area is 151 Å². The number of benzene rings is 1. The van der Waals surface area contributed by atoms with E-state index in [1.807, 2.05) is 30.3 Å². The summed E-state index contributed by atoms with van der Waals surface area (Å²) in [5.41, 5.74) is 0.825. The van der Waals surface area contributed by atoms with Gasteiger partial charge in [0, 0.05) is 11.0 Å². The van der Waals surface area contributed by atoms with Crippen molar-refractivity contribution in [3.63, 3.8) is 0 Å². The maximum absolute atomic E-state index is 12.1. The molecule has 0 radical (unpaired) electrons. The molecule has 8 nitrogen and oxygen atoms in total. The predicted octanol–water partition coefficient (Wildman–Crippen LogP) is 2.15. The third-order valence-electron chi connectivity index (χ3n) is 3.33. The smallest absolute Gasteiger partial charge is 0.330 e. The van der Waals surface area contributed by atoms with Crippen LogP contribution >= 0.6 is 0 Å². The van der Waals surface area contributed by atoms with Gasteiger partial charge in [0.2, 0.25) is 6.54 Å². The monoisotopic (exact) mass is 365 g/mol. The lowest BCUT2D eigenvalue weighted by Crippen LogP contribution is -2.36. The molecule has 0 aromatic heterocycles. The average Bonchev–Trinajstić information content (AvgIpc) is 2.61. The van der Waals surface area contributed by atoms with Crippen molar-refractivity contribution in [1.29, 1.82) is 0 Å². The highest BCUT2D eigenvalue weighted by molar-refractivity contribution is 5.82. The molecule has 2 atom stereocenters. The minimum absolute atomic E-state index is 0.0834. The zero-order valence-corrected chi connectivity index (χ0v) is 14.8. The SMILES string of the molecule is CCOC(=O)/C=C/[C@H](OCc1ccccc1)[C@H](C[N+](=O)[O-])C(=O)OCC. The summed E-state index contributed by atoms with van der Waals surface area (Å²) in [7, 11) is 0. The van der Waals surface area contributed by atoms with Crippen LogP contribution < -0.4 is 0 Å². The van der Waals surface area contributed by atoms with Gasteiger partial charge in [0.1, 0.15) is 0 Å². The Hall–Kier alpha value is -2.74. The molecule has 1 aromatic carbocycles. The third kappa shape index (κ3) is 7.89. The normalized spacial score (nSPS) is 13.2. The molecular weight excluding hydrogens is 342 g/mol. The molecule has 0 aliphatic heterocycles. The highest BCUT2D eigenvalue weighted by Crippen LogP contribution is 2.16. The van der Waals surface area contributed by atoms with Crippen LogP contribution in [0.1, 0.15) is 19.4 Å². The van der Waals surface area contributed by atoms with Gasteiger partial charge in [0.05, 0.1) is 25.9 Å². The van der Waals surface area contributed by atoms with E-state index in [1.54, 1.807) is 13.8 Å². The maximum Gasteiger partial charge on any atom is 0.330 e. The van der Waals surface area contributed by atoms with Crippen molar-refractivity contribution in [3.05, 3.63) is 58.2 Å². The zero-order chi connectivity index (χ0) is 19.4. The van der Waals surface area contributed by atoms with E-state index in [0.717, 1.165) is 11.6 Å². The van der Waals surface area contributed by atoms with Crippen LogP contribution in [0.5, 0.6) is 0 Å². The molecule has 0 amide bonds. The topological polar surface area (TPSA) is 105 Å². The third-order valence-corrected chi connectivity index (χ3v) is 3.33. The Balaban J connectivity index is 2.98. The number of nitrogens with zero attached hydrogens (tertiary/aromatic N) is 1. The summed E-state index contributed by atoms with van der Waals surface area (Å²) in [6, 6.07) is 9.12. The van der Waals surface area contributed by atoms with E-state index in [9.17, 15) is 19.7 Å². The van der Waals surface area contributed by atoms with Crippen LogP contribution in [0.25, 0.3) is 0 Å². The van der Waals surface area contributed by atoms with Gasteiger partial charge in [-0.25, -0.2) is 4.79 Å². The Morgan fingerprint density at radius 2 is 1.81 bits per heavy atom. The summed E-state index contributed by atoms with van der Waals surface area (Å²) in [5.74, 6) is -2.56. The second kappa shape index (κ2) is 11.8. The lowest BCUT2D eigenvalue weighted by Gasteiger charge is -2.20. The van der Waals surface area contributed by atoms with Gasteiger partial charge < -0.3 is 14.2 Å². The number of hydrogen-bond acceptors (Lipinski definition) is 7. The molecule has 0 saturated heterocycles. The van der Waals surface area contributed by atoms with Gasteiger partial charge in [-0.15, -0.1) is 0 Å². The second-order valence-electron chi connectivity index (χ2n) is 5.25. The molecule has 26 heavy (non-hydrogen) atoms. The molecule has 0 aliphatic carbocycles. The molecule has 0 unspecified atom stereocenters. The van der Waals surface area contributed by atoms with Crippen molar-refractivity contribution in [2.75, 3.05) is 19.8 Å². The van der Waals surface area contributed by atoms with Crippen LogP contribution in [0.4, 0.5) is 0 Å². The molecule has 142 valence electrons. The standard InChI is InChI=1S/C18H23NO7/c1-3-24-17(20)11-10-16(26-13-14-8-6-5-7-9-14)15(12-19(22)23)18(21)25-4-2/h5-11,15-16H,3-4,12-13H2,1-2H3/b11-10+/t15-,16-/m0/s1. The summed E-state index contributed by atoms with van der Waals surface area (Å²) in [6.45, 7) is 2.98. The number of esters is 2. The van der Waals surface area contributed by atoms with Gasteiger partial charge in [-0.3, -0.25) is 14.9 Å². The minimum Gasteiger partial charge on any atom is -0.466 e.